The lowest BCUT2D eigenvalue weighted by Gasteiger charge is -2.25. The summed E-state index contributed by atoms with van der Waals surface area (Å²) in [5.74, 6) is 3.01. The van der Waals surface area contributed by atoms with Gasteiger partial charge in [0.15, 0.2) is 0 Å². The number of ether oxygens (including phenoxy) is 1. The molecule has 12 nitrogen and oxygen atoms in total. The topological polar surface area (TPSA) is 117 Å². The van der Waals surface area contributed by atoms with Crippen LogP contribution in [0.25, 0.3) is 10.9 Å². The Morgan fingerprint density at radius 2 is 1.79 bits per heavy atom. The largest absolute Gasteiger partial charge is 0.383 e. The summed E-state index contributed by atoms with van der Waals surface area (Å²) in [6.45, 7) is 9.96. The predicted molar refractivity (Wildman–Crippen MR) is 148 cm³/mol. The van der Waals surface area contributed by atoms with Crippen LogP contribution in [0.1, 0.15) is 39.2 Å². The molecule has 2 aliphatic heterocycles. The van der Waals surface area contributed by atoms with Gasteiger partial charge in [-0.15, -0.1) is 0 Å². The number of fused-ring (bicyclic) bond motifs is 1. The molecule has 2 N–H and O–H groups in total. The minimum absolute atomic E-state index is 0.0555. The highest BCUT2D eigenvalue weighted by atomic mass is 16.5. The number of nitrogens with zero attached hydrogens (tertiary/aromatic N) is 8. The minimum atomic E-state index is -0.0555. The van der Waals surface area contributed by atoms with Crippen LogP contribution in [0.3, 0.4) is 0 Å². The molecule has 2 saturated heterocycles. The van der Waals surface area contributed by atoms with Crippen molar-refractivity contribution in [1.29, 1.82) is 0 Å². The monoisotopic (exact) mass is 522 g/mol. The van der Waals surface area contributed by atoms with Crippen LogP contribution in [0, 0.1) is 0 Å². The summed E-state index contributed by atoms with van der Waals surface area (Å²) in [5.41, 5.74) is 1.03. The Morgan fingerprint density at radius 3 is 2.58 bits per heavy atom. The number of aromatic nitrogens is 5. The van der Waals surface area contributed by atoms with Gasteiger partial charge in [0, 0.05) is 82.7 Å². The van der Waals surface area contributed by atoms with Gasteiger partial charge < -0.3 is 30.1 Å². The molecule has 0 bridgehead atoms. The van der Waals surface area contributed by atoms with Gasteiger partial charge in [-0.25, -0.2) is 9.78 Å². The number of nitrogens with one attached hydrogen (secondary N) is 2. The van der Waals surface area contributed by atoms with Gasteiger partial charge in [-0.05, 0) is 33.1 Å². The van der Waals surface area contributed by atoms with E-state index in [-0.39, 0.29) is 12.1 Å². The van der Waals surface area contributed by atoms with Crippen LogP contribution in [0.5, 0.6) is 0 Å². The number of hydrogen-bond acceptors (Lipinski definition) is 9. The van der Waals surface area contributed by atoms with E-state index in [4.69, 9.17) is 14.7 Å². The number of amides is 2. The molecule has 3 aromatic rings. The van der Waals surface area contributed by atoms with E-state index in [0.717, 1.165) is 55.6 Å². The molecule has 5 rings (SSSR count). The molecule has 0 aromatic carbocycles. The number of pyridine rings is 1. The summed E-state index contributed by atoms with van der Waals surface area (Å²) in [7, 11) is 1.63. The summed E-state index contributed by atoms with van der Waals surface area (Å²) < 4.78 is 7.04. The second-order valence-corrected chi connectivity index (χ2v) is 10.1. The number of rotatable bonds is 8. The molecular weight excluding hydrogens is 484 g/mol. The Kier molecular flexibility index (Phi) is 8.06. The smallest absolute Gasteiger partial charge is 0.317 e. The molecular formula is C26H38N10O2. The molecule has 0 spiro atoms. The van der Waals surface area contributed by atoms with Gasteiger partial charge in [0.05, 0.1) is 18.3 Å². The van der Waals surface area contributed by atoms with E-state index in [1.54, 1.807) is 7.11 Å². The van der Waals surface area contributed by atoms with Crippen molar-refractivity contribution in [2.75, 3.05) is 74.6 Å². The Balaban J connectivity index is 1.37. The first-order valence-corrected chi connectivity index (χ1v) is 13.5. The second-order valence-electron chi connectivity index (χ2n) is 10.1. The van der Waals surface area contributed by atoms with Gasteiger partial charge in [0.1, 0.15) is 17.5 Å². The van der Waals surface area contributed by atoms with E-state index in [0.29, 0.717) is 50.4 Å². The summed E-state index contributed by atoms with van der Waals surface area (Å²) in [5, 5.41) is 11.9. The molecule has 2 fully saturated rings. The average Bonchev–Trinajstić information content (AvgIpc) is 3.53. The lowest BCUT2D eigenvalue weighted by molar-refractivity contribution is 0.181. The van der Waals surface area contributed by atoms with Crippen LogP contribution in [0.2, 0.25) is 0 Å². The molecule has 2 amide bonds. The Bertz CT molecular complexity index is 1240. The van der Waals surface area contributed by atoms with E-state index in [1.807, 2.05) is 34.1 Å². The maximum atomic E-state index is 12.6. The van der Waals surface area contributed by atoms with Crippen molar-refractivity contribution in [1.82, 2.24) is 34.9 Å². The Hall–Kier alpha value is -3.67. The highest BCUT2D eigenvalue weighted by molar-refractivity contribution is 5.81. The van der Waals surface area contributed by atoms with Crippen LogP contribution >= 0.6 is 0 Å². The molecule has 0 aliphatic carbocycles. The van der Waals surface area contributed by atoms with Crippen LogP contribution in [-0.2, 0) is 4.74 Å². The minimum Gasteiger partial charge on any atom is -0.383 e. The third kappa shape index (κ3) is 5.90. The van der Waals surface area contributed by atoms with Crippen molar-refractivity contribution >= 4 is 40.3 Å². The number of hydrogen-bond donors (Lipinski definition) is 2. The average molecular weight is 523 g/mol. The zero-order valence-electron chi connectivity index (χ0n) is 22.6. The fourth-order valence-electron chi connectivity index (χ4n) is 4.98. The Labute approximate surface area is 223 Å². The van der Waals surface area contributed by atoms with E-state index >= 15 is 0 Å². The standard InChI is InChI=1S/C26H38N10O2/c1-19(2)36-21-15-22(28-17-20(21)18-29-36)30-23-16-24(33-8-4-5-9-33)32-25(31-23)34-10-6-11-35(13-12-34)26(37)27-7-14-38-3/h15-19H,4-14H2,1-3H3,(H,27,37)(H,28,30,31,32). The summed E-state index contributed by atoms with van der Waals surface area (Å²) in [4.78, 5) is 33.4. The quantitative estimate of drug-likeness (QED) is 0.431. The number of methoxy groups -OCH3 is 1. The molecule has 0 radical (unpaired) electrons. The van der Waals surface area contributed by atoms with E-state index in [9.17, 15) is 4.79 Å². The van der Waals surface area contributed by atoms with Crippen molar-refractivity contribution in [3.05, 3.63) is 24.5 Å². The van der Waals surface area contributed by atoms with Crippen LogP contribution in [0.15, 0.2) is 24.5 Å². The van der Waals surface area contributed by atoms with Crippen LogP contribution in [-0.4, -0.2) is 95.2 Å². The van der Waals surface area contributed by atoms with Gasteiger partial charge in [-0.2, -0.15) is 15.1 Å². The predicted octanol–water partition coefficient (Wildman–Crippen LogP) is 3.01. The van der Waals surface area contributed by atoms with Gasteiger partial charge >= 0.3 is 6.03 Å². The first-order valence-electron chi connectivity index (χ1n) is 13.5. The maximum Gasteiger partial charge on any atom is 0.317 e. The van der Waals surface area contributed by atoms with E-state index < -0.39 is 0 Å². The van der Waals surface area contributed by atoms with Crippen LogP contribution in [0.4, 0.5) is 28.2 Å². The highest BCUT2D eigenvalue weighted by Crippen LogP contribution is 2.27. The second kappa shape index (κ2) is 11.8. The van der Waals surface area contributed by atoms with Crippen LogP contribution < -0.4 is 20.4 Å². The lowest BCUT2D eigenvalue weighted by atomic mass is 10.3. The zero-order chi connectivity index (χ0) is 26.5. The SMILES string of the molecule is COCCNC(=O)N1CCCN(c2nc(Nc3cc4c(cn3)cnn4C(C)C)cc(N3CCCC3)n2)CC1. The third-order valence-electron chi connectivity index (χ3n) is 7.00. The normalized spacial score (nSPS) is 16.4. The maximum absolute atomic E-state index is 12.6. The van der Waals surface area contributed by atoms with E-state index in [2.05, 4.69) is 44.4 Å². The molecule has 0 unspecified atom stereocenters. The van der Waals surface area contributed by atoms with Gasteiger partial charge in [-0.1, -0.05) is 0 Å². The molecule has 0 saturated carbocycles. The molecule has 0 atom stereocenters. The van der Waals surface area contributed by atoms with Crippen molar-refractivity contribution < 1.29 is 9.53 Å². The van der Waals surface area contributed by atoms with Gasteiger partial charge in [-0.3, -0.25) is 4.68 Å². The first-order chi connectivity index (χ1) is 18.5. The molecule has 3 aromatic heterocycles. The summed E-state index contributed by atoms with van der Waals surface area (Å²) in [6.07, 6.45) is 6.86. The highest BCUT2D eigenvalue weighted by Gasteiger charge is 2.23. The van der Waals surface area contributed by atoms with Crippen molar-refractivity contribution in [3.8, 4) is 0 Å². The Morgan fingerprint density at radius 1 is 0.974 bits per heavy atom. The number of urea groups is 1. The molecule has 5 heterocycles. The molecule has 12 heteroatoms. The van der Waals surface area contributed by atoms with Crippen molar-refractivity contribution in [2.24, 2.45) is 0 Å². The van der Waals surface area contributed by atoms with Gasteiger partial charge in [0.25, 0.3) is 0 Å². The fourth-order valence-corrected chi connectivity index (χ4v) is 4.98. The summed E-state index contributed by atoms with van der Waals surface area (Å²) >= 11 is 0. The zero-order valence-corrected chi connectivity index (χ0v) is 22.6. The third-order valence-corrected chi connectivity index (χ3v) is 7.00. The number of carbonyl (C=O) groups is 1. The van der Waals surface area contributed by atoms with Gasteiger partial charge in [0.2, 0.25) is 5.95 Å². The molecule has 38 heavy (non-hydrogen) atoms. The van der Waals surface area contributed by atoms with Crippen molar-refractivity contribution in [3.63, 3.8) is 0 Å². The number of anilines is 4. The molecule has 2 aliphatic rings. The van der Waals surface area contributed by atoms with E-state index in [1.165, 1.54) is 0 Å². The first kappa shape index (κ1) is 26.0. The summed E-state index contributed by atoms with van der Waals surface area (Å²) in [6, 6.07) is 4.22. The van der Waals surface area contributed by atoms with Crippen molar-refractivity contribution in [2.45, 2.75) is 39.2 Å². The molecule has 204 valence electrons. The number of carbonyl (C=O) groups excluding carboxylic acids is 1. The fraction of sp³-hybridized carbons (Fsp3) is 0.577. The lowest BCUT2D eigenvalue weighted by Crippen LogP contribution is -2.43.